The Kier molecular flexibility index (Phi) is 5.55. The molecule has 0 saturated heterocycles. The van der Waals surface area contributed by atoms with Gasteiger partial charge in [-0.25, -0.2) is 9.38 Å². The van der Waals surface area contributed by atoms with Crippen molar-refractivity contribution in [1.29, 1.82) is 0 Å². The Morgan fingerprint density at radius 3 is 2.29 bits per heavy atom. The second-order valence-corrected chi connectivity index (χ2v) is 7.89. The molecule has 2 aliphatic heterocycles. The predicted molar refractivity (Wildman–Crippen MR) is 125 cm³/mol. The van der Waals surface area contributed by atoms with Gasteiger partial charge in [0.15, 0.2) is 5.78 Å². The molecular formula is C26H19FN4O3. The fourth-order valence-electron chi connectivity index (χ4n) is 3.97. The number of carbonyl (C=O) groups excluding carboxylic acids is 3. The monoisotopic (exact) mass is 454 g/mol. The maximum atomic E-state index is 14.0. The third kappa shape index (κ3) is 4.01. The third-order valence-corrected chi connectivity index (χ3v) is 5.61. The van der Waals surface area contributed by atoms with Crippen LogP contribution in [0.3, 0.4) is 0 Å². The number of benzene rings is 3. The van der Waals surface area contributed by atoms with Crippen LogP contribution in [0.1, 0.15) is 31.8 Å². The van der Waals surface area contributed by atoms with Gasteiger partial charge in [-0.1, -0.05) is 42.5 Å². The number of aliphatic imine (C=N–C) groups is 2. The minimum absolute atomic E-state index is 0.140. The van der Waals surface area contributed by atoms with E-state index in [9.17, 15) is 18.8 Å². The highest BCUT2D eigenvalue weighted by molar-refractivity contribution is 6.22. The van der Waals surface area contributed by atoms with E-state index in [0.29, 0.717) is 33.9 Å². The molecule has 0 spiro atoms. The summed E-state index contributed by atoms with van der Waals surface area (Å²) in [6.45, 7) is -0.327. The van der Waals surface area contributed by atoms with E-state index in [1.807, 2.05) is 30.3 Å². The van der Waals surface area contributed by atoms with Crippen LogP contribution in [0.5, 0.6) is 0 Å². The fraction of sp³-hybridized carbons (Fsp3) is 0.115. The first kappa shape index (κ1) is 21.4. The Bertz CT molecular complexity index is 1350. The lowest BCUT2D eigenvalue weighted by Gasteiger charge is -2.13. The molecule has 2 amide bonds. The van der Waals surface area contributed by atoms with Crippen LogP contribution in [0.2, 0.25) is 0 Å². The van der Waals surface area contributed by atoms with Crippen LogP contribution in [0.25, 0.3) is 0 Å². The number of ketones is 1. The zero-order valence-electron chi connectivity index (χ0n) is 18.0. The lowest BCUT2D eigenvalue weighted by molar-refractivity contribution is -0.118. The van der Waals surface area contributed by atoms with E-state index in [0.717, 1.165) is 10.5 Å². The van der Waals surface area contributed by atoms with E-state index < -0.39 is 17.6 Å². The van der Waals surface area contributed by atoms with Crippen molar-refractivity contribution < 1.29 is 18.8 Å². The van der Waals surface area contributed by atoms with Crippen LogP contribution in [0.15, 0.2) is 82.8 Å². The molecule has 5 rings (SSSR count). The van der Waals surface area contributed by atoms with Crippen molar-refractivity contribution in [3.05, 3.63) is 101 Å². The summed E-state index contributed by atoms with van der Waals surface area (Å²) in [5, 5.41) is 2.96. The number of rotatable bonds is 5. The molecule has 0 radical (unpaired) electrons. The van der Waals surface area contributed by atoms with Gasteiger partial charge in [-0.3, -0.25) is 24.3 Å². The summed E-state index contributed by atoms with van der Waals surface area (Å²) in [4.78, 5) is 47.7. The standard InChI is InChI=1S/C26H19FN4O3/c27-17-10-11-22-21(12-17)24(16-6-2-1-3-7-16)29-14-23(30-22)28-13-18(32)15-31-25(33)19-8-4-5-9-20(19)26(31)34/h1-12H,13-15H2,(H,28,30). The topological polar surface area (TPSA) is 91.2 Å². The molecule has 0 unspecified atom stereocenters. The average molecular weight is 454 g/mol. The zero-order valence-corrected chi connectivity index (χ0v) is 18.0. The van der Waals surface area contributed by atoms with Crippen molar-refractivity contribution in [2.75, 3.05) is 19.6 Å². The largest absolute Gasteiger partial charge is 0.365 e. The maximum absolute atomic E-state index is 14.0. The summed E-state index contributed by atoms with van der Waals surface area (Å²) >= 11 is 0. The first-order valence-electron chi connectivity index (χ1n) is 10.7. The highest BCUT2D eigenvalue weighted by Crippen LogP contribution is 2.26. The van der Waals surface area contributed by atoms with E-state index in [4.69, 9.17) is 0 Å². The zero-order chi connectivity index (χ0) is 23.7. The van der Waals surface area contributed by atoms with E-state index in [2.05, 4.69) is 15.3 Å². The fourth-order valence-corrected chi connectivity index (χ4v) is 3.97. The molecule has 7 nitrogen and oxygen atoms in total. The molecule has 168 valence electrons. The highest BCUT2D eigenvalue weighted by atomic mass is 19.1. The first-order valence-corrected chi connectivity index (χ1v) is 10.7. The molecule has 0 atom stereocenters. The Morgan fingerprint density at radius 1 is 0.912 bits per heavy atom. The van der Waals surface area contributed by atoms with Crippen molar-refractivity contribution in [1.82, 2.24) is 10.2 Å². The molecule has 1 N–H and O–H groups in total. The predicted octanol–water partition coefficient (Wildman–Crippen LogP) is 3.16. The lowest BCUT2D eigenvalue weighted by atomic mass is 10.0. The maximum Gasteiger partial charge on any atom is 0.261 e. The van der Waals surface area contributed by atoms with Gasteiger partial charge in [-0.2, -0.15) is 0 Å². The highest BCUT2D eigenvalue weighted by Gasteiger charge is 2.36. The molecule has 34 heavy (non-hydrogen) atoms. The van der Waals surface area contributed by atoms with Crippen molar-refractivity contribution in [3.8, 4) is 0 Å². The van der Waals surface area contributed by atoms with Crippen molar-refractivity contribution >= 4 is 34.8 Å². The van der Waals surface area contributed by atoms with Crippen LogP contribution in [-0.2, 0) is 4.79 Å². The summed E-state index contributed by atoms with van der Waals surface area (Å²) in [6, 6.07) is 20.2. The minimum atomic E-state index is -0.478. The number of fused-ring (bicyclic) bond motifs is 2. The van der Waals surface area contributed by atoms with Crippen LogP contribution in [-0.4, -0.2) is 53.7 Å². The molecule has 2 heterocycles. The first-order chi connectivity index (χ1) is 16.5. The molecule has 0 aliphatic carbocycles. The minimum Gasteiger partial charge on any atom is -0.365 e. The van der Waals surface area contributed by atoms with Crippen LogP contribution in [0, 0.1) is 5.82 Å². The number of hydrogen-bond donors (Lipinski definition) is 1. The molecule has 0 saturated carbocycles. The number of nitrogens with zero attached hydrogens (tertiary/aromatic N) is 3. The van der Waals surface area contributed by atoms with Gasteiger partial charge in [0.25, 0.3) is 11.8 Å². The van der Waals surface area contributed by atoms with Gasteiger partial charge in [0, 0.05) is 11.1 Å². The summed E-state index contributed by atoms with van der Waals surface area (Å²) in [5.41, 5.74) is 3.11. The number of amidine groups is 1. The van der Waals surface area contributed by atoms with Gasteiger partial charge >= 0.3 is 0 Å². The average Bonchev–Trinajstić information content (AvgIpc) is 2.99. The second-order valence-electron chi connectivity index (χ2n) is 7.89. The number of hydrogen-bond acceptors (Lipinski definition) is 6. The normalized spacial score (nSPS) is 14.7. The third-order valence-electron chi connectivity index (χ3n) is 5.61. The van der Waals surface area contributed by atoms with E-state index >= 15 is 0 Å². The van der Waals surface area contributed by atoms with Gasteiger partial charge < -0.3 is 5.32 Å². The molecule has 0 aromatic heterocycles. The summed E-state index contributed by atoms with van der Waals surface area (Å²) in [6.07, 6.45) is 0. The Balaban J connectivity index is 1.31. The lowest BCUT2D eigenvalue weighted by Crippen LogP contribution is -2.40. The van der Waals surface area contributed by atoms with E-state index in [1.54, 1.807) is 30.3 Å². The number of halogens is 1. The smallest absolute Gasteiger partial charge is 0.261 e. The number of imide groups is 1. The molecular weight excluding hydrogens is 435 g/mol. The molecule has 2 aliphatic rings. The summed E-state index contributed by atoms with van der Waals surface area (Å²) in [7, 11) is 0. The second kappa shape index (κ2) is 8.82. The number of amides is 2. The Labute approximate surface area is 194 Å². The number of Topliss-reactive ketones (excluding diaryl/α,β-unsaturated/α-hetero) is 1. The van der Waals surface area contributed by atoms with Gasteiger partial charge in [-0.05, 0) is 30.3 Å². The molecule has 3 aromatic rings. The van der Waals surface area contributed by atoms with Gasteiger partial charge in [-0.15, -0.1) is 0 Å². The van der Waals surface area contributed by atoms with Crippen LogP contribution < -0.4 is 5.32 Å². The van der Waals surface area contributed by atoms with E-state index in [1.165, 1.54) is 12.1 Å². The quantitative estimate of drug-likeness (QED) is 0.600. The van der Waals surface area contributed by atoms with Crippen molar-refractivity contribution in [3.63, 3.8) is 0 Å². The summed E-state index contributed by atoms with van der Waals surface area (Å²) < 4.78 is 14.0. The molecule has 0 fully saturated rings. The Morgan fingerprint density at radius 2 is 1.59 bits per heavy atom. The van der Waals surface area contributed by atoms with Crippen molar-refractivity contribution in [2.45, 2.75) is 0 Å². The van der Waals surface area contributed by atoms with Gasteiger partial charge in [0.05, 0.1) is 42.2 Å². The Hall–Kier alpha value is -4.46. The number of carbonyl (C=O) groups is 3. The molecule has 0 bridgehead atoms. The SMILES string of the molecule is O=C(CNC1=Nc2ccc(F)cc2C(c2ccccc2)=NC1)CN1C(=O)c2ccccc2C1=O. The molecule has 8 heteroatoms. The van der Waals surface area contributed by atoms with Gasteiger partial charge in [0.2, 0.25) is 0 Å². The van der Waals surface area contributed by atoms with Crippen LogP contribution >= 0.6 is 0 Å². The summed E-state index contributed by atoms with van der Waals surface area (Å²) in [5.74, 6) is -1.28. The molecule has 3 aromatic carbocycles. The van der Waals surface area contributed by atoms with Crippen LogP contribution in [0.4, 0.5) is 10.1 Å². The van der Waals surface area contributed by atoms with Gasteiger partial charge in [0.1, 0.15) is 11.7 Å². The number of nitrogens with one attached hydrogen (secondary N) is 1. The van der Waals surface area contributed by atoms with E-state index in [-0.39, 0.29) is 25.4 Å². The van der Waals surface area contributed by atoms with Crippen molar-refractivity contribution in [2.24, 2.45) is 9.98 Å².